The predicted octanol–water partition coefficient (Wildman–Crippen LogP) is 2.09. The summed E-state index contributed by atoms with van der Waals surface area (Å²) in [5, 5.41) is -0.442. The van der Waals surface area contributed by atoms with E-state index in [0.717, 1.165) is 11.8 Å². The second kappa shape index (κ2) is 7.38. The number of rotatable bonds is 5. The van der Waals surface area contributed by atoms with Gasteiger partial charge in [0.2, 0.25) is 21.6 Å². The molecular formula is C19H23N3O5S. The van der Waals surface area contributed by atoms with Crippen LogP contribution in [0.2, 0.25) is 0 Å². The van der Waals surface area contributed by atoms with Crippen LogP contribution in [0.5, 0.6) is 11.8 Å². The highest BCUT2D eigenvalue weighted by Crippen LogP contribution is 2.34. The van der Waals surface area contributed by atoms with Crippen molar-refractivity contribution in [1.29, 1.82) is 0 Å². The summed E-state index contributed by atoms with van der Waals surface area (Å²) in [6, 6.07) is 9.31. The van der Waals surface area contributed by atoms with Crippen molar-refractivity contribution < 1.29 is 22.7 Å². The molecule has 1 aromatic carbocycles. The van der Waals surface area contributed by atoms with Crippen LogP contribution >= 0.6 is 0 Å². The maximum Gasteiger partial charge on any atom is 0.265 e. The van der Waals surface area contributed by atoms with Crippen LogP contribution in [0, 0.1) is 0 Å². The van der Waals surface area contributed by atoms with Gasteiger partial charge in [-0.2, -0.15) is 9.97 Å². The first-order chi connectivity index (χ1) is 13.1. The molecule has 0 saturated heterocycles. The Morgan fingerprint density at radius 2 is 1.89 bits per heavy atom. The molecule has 3 rings (SSSR count). The molecule has 0 saturated carbocycles. The minimum absolute atomic E-state index is 0.0377. The lowest BCUT2D eigenvalue weighted by atomic mass is 10.1. The summed E-state index contributed by atoms with van der Waals surface area (Å²) in [4.78, 5) is 22.7. The fourth-order valence-electron chi connectivity index (χ4n) is 2.89. The topological polar surface area (TPSA) is 98.7 Å². The molecule has 0 bridgehead atoms. The molecule has 150 valence electrons. The summed E-state index contributed by atoms with van der Waals surface area (Å²) < 4.78 is 35.8. The number of hydrogen-bond donors (Lipinski definition) is 0. The largest absolute Gasteiger partial charge is 0.472 e. The lowest BCUT2D eigenvalue weighted by molar-refractivity contribution is 0.0539. The molecule has 1 amide bonds. The quantitative estimate of drug-likeness (QED) is 0.703. The van der Waals surface area contributed by atoms with Crippen LogP contribution in [0.4, 0.5) is 0 Å². The standard InChI is InChI=1S/C19H23N3O5S/c1-5-22-12-19(2,3)27-16-14(17(22)23)15(20-18(21-16)28(4,24)25)26-11-13-9-7-6-8-10-13/h6-10H,5,11-12H2,1-4H3. The van der Waals surface area contributed by atoms with Gasteiger partial charge in [0, 0.05) is 12.8 Å². The van der Waals surface area contributed by atoms with E-state index in [0.29, 0.717) is 13.1 Å². The van der Waals surface area contributed by atoms with E-state index in [4.69, 9.17) is 9.47 Å². The van der Waals surface area contributed by atoms with Gasteiger partial charge in [-0.25, -0.2) is 8.42 Å². The molecule has 0 N–H and O–H groups in total. The number of nitrogens with zero attached hydrogens (tertiary/aromatic N) is 3. The molecule has 0 radical (unpaired) electrons. The SMILES string of the molecule is CCN1CC(C)(C)Oc2nc(S(C)(=O)=O)nc(OCc3ccccc3)c2C1=O. The summed E-state index contributed by atoms with van der Waals surface area (Å²) in [6.45, 7) is 6.38. The van der Waals surface area contributed by atoms with Crippen molar-refractivity contribution in [2.24, 2.45) is 0 Å². The zero-order chi connectivity index (χ0) is 20.5. The number of sulfone groups is 1. The van der Waals surface area contributed by atoms with Crippen LogP contribution in [0.25, 0.3) is 0 Å². The average Bonchev–Trinajstić information content (AvgIpc) is 2.73. The first-order valence-corrected chi connectivity index (χ1v) is 10.8. The van der Waals surface area contributed by atoms with Crippen LogP contribution in [-0.4, -0.2) is 54.1 Å². The first-order valence-electron chi connectivity index (χ1n) is 8.88. The summed E-state index contributed by atoms with van der Waals surface area (Å²) in [5.41, 5.74) is 0.137. The summed E-state index contributed by atoms with van der Waals surface area (Å²) in [5.74, 6) is -0.536. The molecule has 1 aliphatic heterocycles. The molecule has 8 nitrogen and oxygen atoms in total. The van der Waals surface area contributed by atoms with Crippen molar-refractivity contribution in [1.82, 2.24) is 14.9 Å². The third-order valence-electron chi connectivity index (χ3n) is 4.20. The van der Waals surface area contributed by atoms with Gasteiger partial charge in [-0.1, -0.05) is 30.3 Å². The Labute approximate surface area is 164 Å². The Morgan fingerprint density at radius 1 is 1.21 bits per heavy atom. The normalized spacial score (nSPS) is 16.1. The second-order valence-corrected chi connectivity index (χ2v) is 9.13. The summed E-state index contributed by atoms with van der Waals surface area (Å²) in [7, 11) is -3.73. The average molecular weight is 405 g/mol. The Kier molecular flexibility index (Phi) is 5.29. The van der Waals surface area contributed by atoms with Crippen molar-refractivity contribution in [2.45, 2.75) is 38.1 Å². The van der Waals surface area contributed by atoms with Gasteiger partial charge in [0.15, 0.2) is 5.56 Å². The molecule has 1 aromatic heterocycles. The number of ether oxygens (including phenoxy) is 2. The van der Waals surface area contributed by atoms with Gasteiger partial charge in [0.05, 0.1) is 6.54 Å². The van der Waals surface area contributed by atoms with Crippen LogP contribution in [0.1, 0.15) is 36.7 Å². The van der Waals surface area contributed by atoms with E-state index in [1.807, 2.05) is 51.1 Å². The van der Waals surface area contributed by atoms with E-state index < -0.39 is 20.6 Å². The Hall–Kier alpha value is -2.68. The van der Waals surface area contributed by atoms with E-state index in [1.165, 1.54) is 0 Å². The van der Waals surface area contributed by atoms with Crippen molar-refractivity contribution >= 4 is 15.7 Å². The zero-order valence-electron chi connectivity index (χ0n) is 16.3. The molecule has 0 aliphatic carbocycles. The van der Waals surface area contributed by atoms with E-state index in [9.17, 15) is 13.2 Å². The predicted molar refractivity (Wildman–Crippen MR) is 102 cm³/mol. The van der Waals surface area contributed by atoms with Gasteiger partial charge in [-0.15, -0.1) is 0 Å². The number of carbonyl (C=O) groups excluding carboxylic acids is 1. The molecule has 2 aromatic rings. The van der Waals surface area contributed by atoms with Gasteiger partial charge in [0.25, 0.3) is 11.1 Å². The lowest BCUT2D eigenvalue weighted by Crippen LogP contribution is -2.42. The second-order valence-electron chi connectivity index (χ2n) is 7.22. The first kappa shape index (κ1) is 20.1. The fraction of sp³-hybridized carbons (Fsp3) is 0.421. The molecular weight excluding hydrogens is 382 g/mol. The van der Waals surface area contributed by atoms with E-state index in [-0.39, 0.29) is 29.8 Å². The van der Waals surface area contributed by atoms with Crippen molar-refractivity contribution in [2.75, 3.05) is 19.3 Å². The number of likely N-dealkylation sites (N-methyl/N-ethyl adjacent to an activating group) is 1. The van der Waals surface area contributed by atoms with Gasteiger partial charge in [0.1, 0.15) is 12.2 Å². The molecule has 2 heterocycles. The maximum absolute atomic E-state index is 13.1. The number of carbonyl (C=O) groups is 1. The van der Waals surface area contributed by atoms with Gasteiger partial charge >= 0.3 is 0 Å². The molecule has 1 aliphatic rings. The number of amides is 1. The van der Waals surface area contributed by atoms with Crippen molar-refractivity contribution in [3.63, 3.8) is 0 Å². The fourth-order valence-corrected chi connectivity index (χ4v) is 3.39. The van der Waals surface area contributed by atoms with E-state index in [2.05, 4.69) is 9.97 Å². The van der Waals surface area contributed by atoms with Crippen LogP contribution in [0.3, 0.4) is 0 Å². The molecule has 0 fully saturated rings. The van der Waals surface area contributed by atoms with Crippen molar-refractivity contribution in [3.05, 3.63) is 41.5 Å². The smallest absolute Gasteiger partial charge is 0.265 e. The molecule has 0 spiro atoms. The third-order valence-corrected chi connectivity index (χ3v) is 5.05. The third kappa shape index (κ3) is 4.24. The van der Waals surface area contributed by atoms with E-state index in [1.54, 1.807) is 4.90 Å². The minimum atomic E-state index is -3.73. The highest BCUT2D eigenvalue weighted by atomic mass is 32.2. The lowest BCUT2D eigenvalue weighted by Gasteiger charge is -2.28. The highest BCUT2D eigenvalue weighted by molar-refractivity contribution is 7.90. The summed E-state index contributed by atoms with van der Waals surface area (Å²) >= 11 is 0. The Bertz CT molecular complexity index is 990. The highest BCUT2D eigenvalue weighted by Gasteiger charge is 2.38. The summed E-state index contributed by atoms with van der Waals surface area (Å²) in [6.07, 6.45) is 0.998. The maximum atomic E-state index is 13.1. The van der Waals surface area contributed by atoms with Crippen LogP contribution in [-0.2, 0) is 16.4 Å². The van der Waals surface area contributed by atoms with E-state index >= 15 is 0 Å². The van der Waals surface area contributed by atoms with Gasteiger partial charge in [-0.05, 0) is 26.3 Å². The molecule has 9 heteroatoms. The monoisotopic (exact) mass is 405 g/mol. The van der Waals surface area contributed by atoms with Crippen LogP contribution in [0.15, 0.2) is 35.5 Å². The van der Waals surface area contributed by atoms with Crippen LogP contribution < -0.4 is 9.47 Å². The Balaban J connectivity index is 2.13. The Morgan fingerprint density at radius 3 is 2.50 bits per heavy atom. The number of benzene rings is 1. The van der Waals surface area contributed by atoms with Crippen molar-refractivity contribution in [3.8, 4) is 11.8 Å². The number of aromatic nitrogens is 2. The van der Waals surface area contributed by atoms with Gasteiger partial charge in [-0.3, -0.25) is 4.79 Å². The molecule has 28 heavy (non-hydrogen) atoms. The molecule has 0 unspecified atom stereocenters. The zero-order valence-corrected chi connectivity index (χ0v) is 17.1. The number of fused-ring (bicyclic) bond motifs is 1. The molecule has 0 atom stereocenters. The number of hydrogen-bond acceptors (Lipinski definition) is 7. The van der Waals surface area contributed by atoms with Gasteiger partial charge < -0.3 is 14.4 Å². The minimum Gasteiger partial charge on any atom is -0.472 e.